The summed E-state index contributed by atoms with van der Waals surface area (Å²) in [4.78, 5) is 34.2. The molecule has 3 rings (SSSR count). The summed E-state index contributed by atoms with van der Waals surface area (Å²) in [5, 5.41) is 25.8. The summed E-state index contributed by atoms with van der Waals surface area (Å²) in [6.45, 7) is 1.38. The van der Waals surface area contributed by atoms with Crippen molar-refractivity contribution in [1.82, 2.24) is 0 Å². The molecule has 1 aromatic heterocycles. The number of hydrogen-bond donors (Lipinski definition) is 2. The number of nitrogens with one attached hydrogen (secondary N) is 2. The average molecular weight is 416 g/mol. The van der Waals surface area contributed by atoms with Gasteiger partial charge < -0.3 is 15.1 Å². The third-order valence-electron chi connectivity index (χ3n) is 4.11. The lowest BCUT2D eigenvalue weighted by molar-refractivity contribution is -0.384. The van der Waals surface area contributed by atoms with E-state index in [-0.39, 0.29) is 34.3 Å². The highest BCUT2D eigenvalue weighted by Crippen LogP contribution is 2.31. The molecule has 9 heteroatoms. The predicted molar refractivity (Wildman–Crippen MR) is 114 cm³/mol. The highest BCUT2D eigenvalue weighted by atomic mass is 16.6. The van der Waals surface area contributed by atoms with Crippen molar-refractivity contribution in [1.29, 1.82) is 5.26 Å². The van der Waals surface area contributed by atoms with Gasteiger partial charge in [0.25, 0.3) is 11.6 Å². The fourth-order valence-electron chi connectivity index (χ4n) is 2.75. The molecule has 2 aromatic carbocycles. The van der Waals surface area contributed by atoms with Crippen molar-refractivity contribution in [3.8, 4) is 17.4 Å². The van der Waals surface area contributed by atoms with Gasteiger partial charge in [-0.3, -0.25) is 19.7 Å². The lowest BCUT2D eigenvalue weighted by Crippen LogP contribution is -2.13. The number of hydrogen-bond acceptors (Lipinski definition) is 6. The number of benzene rings is 2. The van der Waals surface area contributed by atoms with Gasteiger partial charge in [-0.25, -0.2) is 0 Å². The van der Waals surface area contributed by atoms with Gasteiger partial charge in [0.1, 0.15) is 23.2 Å². The molecule has 0 unspecified atom stereocenters. The molecule has 0 fully saturated rings. The Bertz CT molecular complexity index is 1220. The molecule has 0 aliphatic carbocycles. The molecule has 154 valence electrons. The molecule has 0 atom stereocenters. The number of carbonyl (C=O) groups is 2. The van der Waals surface area contributed by atoms with Gasteiger partial charge in [-0.1, -0.05) is 12.1 Å². The van der Waals surface area contributed by atoms with E-state index in [0.29, 0.717) is 11.4 Å². The normalized spacial score (nSPS) is 10.8. The second-order valence-electron chi connectivity index (χ2n) is 6.36. The van der Waals surface area contributed by atoms with Gasteiger partial charge in [-0.2, -0.15) is 5.26 Å². The van der Waals surface area contributed by atoms with Crippen LogP contribution in [0.3, 0.4) is 0 Å². The maximum absolute atomic E-state index is 12.4. The van der Waals surface area contributed by atoms with Crippen molar-refractivity contribution in [3.05, 3.63) is 82.1 Å². The van der Waals surface area contributed by atoms with Crippen LogP contribution in [0, 0.1) is 21.4 Å². The van der Waals surface area contributed by atoms with Crippen molar-refractivity contribution in [2.24, 2.45) is 0 Å². The molecule has 2 amide bonds. The largest absolute Gasteiger partial charge is 0.456 e. The SMILES string of the molecule is CC(=O)Nc1ccc(NC(=O)/C(C#N)=C/c2ccc(-c3ccccc3[N+](=O)[O-])o2)cc1. The lowest BCUT2D eigenvalue weighted by Gasteiger charge is -2.06. The molecule has 0 radical (unpaired) electrons. The van der Waals surface area contributed by atoms with E-state index in [2.05, 4.69) is 10.6 Å². The van der Waals surface area contributed by atoms with Crippen LogP contribution in [0.15, 0.2) is 70.7 Å². The highest BCUT2D eigenvalue weighted by Gasteiger charge is 2.17. The Morgan fingerprint density at radius 1 is 1.03 bits per heavy atom. The van der Waals surface area contributed by atoms with Crippen LogP contribution in [-0.4, -0.2) is 16.7 Å². The first-order chi connectivity index (χ1) is 14.9. The number of para-hydroxylation sites is 1. The number of amides is 2. The zero-order valence-corrected chi connectivity index (χ0v) is 16.3. The molecule has 1 heterocycles. The first-order valence-electron chi connectivity index (χ1n) is 9.02. The Hall–Kier alpha value is -4.71. The van der Waals surface area contributed by atoms with Crippen molar-refractivity contribution >= 4 is 35.0 Å². The summed E-state index contributed by atoms with van der Waals surface area (Å²) in [5.41, 5.74) is 0.956. The number of nitrogens with zero attached hydrogens (tertiary/aromatic N) is 2. The Morgan fingerprint density at radius 2 is 1.68 bits per heavy atom. The van der Waals surface area contributed by atoms with Gasteiger partial charge >= 0.3 is 0 Å². The Labute approximate surface area is 176 Å². The molecular formula is C22H16N4O5. The minimum absolute atomic E-state index is 0.117. The second kappa shape index (κ2) is 9.19. The fraction of sp³-hybridized carbons (Fsp3) is 0.0455. The smallest absolute Gasteiger partial charge is 0.280 e. The van der Waals surface area contributed by atoms with Crippen LogP contribution >= 0.6 is 0 Å². The van der Waals surface area contributed by atoms with Gasteiger partial charge in [-0.15, -0.1) is 0 Å². The molecule has 0 aliphatic heterocycles. The molecule has 0 spiro atoms. The van der Waals surface area contributed by atoms with Gasteiger partial charge in [0.15, 0.2) is 0 Å². The highest BCUT2D eigenvalue weighted by molar-refractivity contribution is 6.09. The molecule has 9 nitrogen and oxygen atoms in total. The van der Waals surface area contributed by atoms with Crippen LogP contribution < -0.4 is 10.6 Å². The summed E-state index contributed by atoms with van der Waals surface area (Å²) in [6.07, 6.45) is 1.25. The summed E-state index contributed by atoms with van der Waals surface area (Å²) in [5.74, 6) is -0.436. The van der Waals surface area contributed by atoms with Crippen LogP contribution in [0.5, 0.6) is 0 Å². The Balaban J connectivity index is 1.78. The monoisotopic (exact) mass is 416 g/mol. The molecular weight excluding hydrogens is 400 g/mol. The number of rotatable bonds is 6. The molecule has 0 saturated carbocycles. The fourth-order valence-corrected chi connectivity index (χ4v) is 2.75. The van der Waals surface area contributed by atoms with Crippen LogP contribution in [0.2, 0.25) is 0 Å². The van der Waals surface area contributed by atoms with E-state index in [0.717, 1.165) is 0 Å². The second-order valence-corrected chi connectivity index (χ2v) is 6.36. The molecule has 0 aliphatic rings. The minimum atomic E-state index is -0.654. The van der Waals surface area contributed by atoms with Gasteiger partial charge in [-0.05, 0) is 42.5 Å². The van der Waals surface area contributed by atoms with Gasteiger partial charge in [0.2, 0.25) is 5.91 Å². The summed E-state index contributed by atoms with van der Waals surface area (Å²) in [6, 6.07) is 17.3. The van der Waals surface area contributed by atoms with E-state index in [1.165, 1.54) is 31.2 Å². The third-order valence-corrected chi connectivity index (χ3v) is 4.11. The van der Waals surface area contributed by atoms with Crippen molar-refractivity contribution in [2.75, 3.05) is 10.6 Å². The van der Waals surface area contributed by atoms with Gasteiger partial charge in [0.05, 0.1) is 10.5 Å². The zero-order chi connectivity index (χ0) is 22.4. The molecule has 0 bridgehead atoms. The first kappa shape index (κ1) is 21.0. The topological polar surface area (TPSA) is 138 Å². The third kappa shape index (κ3) is 5.21. The Kier molecular flexibility index (Phi) is 6.23. The lowest BCUT2D eigenvalue weighted by atomic mass is 10.1. The number of furan rings is 1. The number of nitriles is 1. The van der Waals surface area contributed by atoms with Crippen LogP contribution in [-0.2, 0) is 9.59 Å². The van der Waals surface area contributed by atoms with Crippen LogP contribution in [0.1, 0.15) is 12.7 Å². The minimum Gasteiger partial charge on any atom is -0.456 e. The van der Waals surface area contributed by atoms with Crippen LogP contribution in [0.25, 0.3) is 17.4 Å². The van der Waals surface area contributed by atoms with Gasteiger partial charge in [0, 0.05) is 30.4 Å². The van der Waals surface area contributed by atoms with Crippen molar-refractivity contribution in [3.63, 3.8) is 0 Å². The standard InChI is InChI=1S/C22H16N4O5/c1-14(27)24-16-6-8-17(9-7-16)25-22(28)15(13-23)12-18-10-11-21(31-18)19-4-2-3-5-20(19)26(29)30/h2-12H,1H3,(H,24,27)(H,25,28)/b15-12+. The van der Waals surface area contributed by atoms with E-state index < -0.39 is 10.8 Å². The number of nitro groups is 1. The molecule has 2 N–H and O–H groups in total. The summed E-state index contributed by atoms with van der Waals surface area (Å²) >= 11 is 0. The van der Waals surface area contributed by atoms with Crippen molar-refractivity contribution in [2.45, 2.75) is 6.92 Å². The maximum atomic E-state index is 12.4. The summed E-state index contributed by atoms with van der Waals surface area (Å²) < 4.78 is 5.59. The maximum Gasteiger partial charge on any atom is 0.280 e. The Morgan fingerprint density at radius 3 is 2.29 bits per heavy atom. The first-order valence-corrected chi connectivity index (χ1v) is 9.02. The van der Waals surface area contributed by atoms with E-state index in [9.17, 15) is 25.0 Å². The summed E-state index contributed by atoms with van der Waals surface area (Å²) in [7, 11) is 0. The molecule has 31 heavy (non-hydrogen) atoms. The van der Waals surface area contributed by atoms with E-state index in [1.54, 1.807) is 42.5 Å². The van der Waals surface area contributed by atoms with Crippen LogP contribution in [0.4, 0.5) is 17.1 Å². The van der Waals surface area contributed by atoms with E-state index in [4.69, 9.17) is 4.42 Å². The number of anilines is 2. The number of nitro benzene ring substituents is 1. The molecule has 3 aromatic rings. The average Bonchev–Trinajstić information content (AvgIpc) is 3.21. The zero-order valence-electron chi connectivity index (χ0n) is 16.3. The molecule has 0 saturated heterocycles. The van der Waals surface area contributed by atoms with E-state index in [1.807, 2.05) is 6.07 Å². The predicted octanol–water partition coefficient (Wildman–Crippen LogP) is 4.36. The number of carbonyl (C=O) groups excluding carboxylic acids is 2. The van der Waals surface area contributed by atoms with E-state index >= 15 is 0 Å². The van der Waals surface area contributed by atoms with Crippen molar-refractivity contribution < 1.29 is 18.9 Å². The quantitative estimate of drug-likeness (QED) is 0.265.